The van der Waals surface area contributed by atoms with E-state index in [0.717, 1.165) is 24.3 Å². The summed E-state index contributed by atoms with van der Waals surface area (Å²) in [6.45, 7) is 0. The van der Waals surface area contributed by atoms with Crippen molar-refractivity contribution in [2.75, 3.05) is 0 Å². The summed E-state index contributed by atoms with van der Waals surface area (Å²) in [6.07, 6.45) is 0.0175. The lowest BCUT2D eigenvalue weighted by Crippen LogP contribution is -2.12. The van der Waals surface area contributed by atoms with Crippen molar-refractivity contribution >= 4 is 20.3 Å². The van der Waals surface area contributed by atoms with E-state index in [0.29, 0.717) is 7.69 Å². The third-order valence-electron chi connectivity index (χ3n) is 2.71. The Bertz CT molecular complexity index is 657. The third-order valence-corrected chi connectivity index (χ3v) is 2.71. The van der Waals surface area contributed by atoms with Crippen molar-refractivity contribution in [1.82, 2.24) is 0 Å². The first-order valence-electron chi connectivity index (χ1n) is 5.99. The second kappa shape index (κ2) is 6.95. The molecule has 4 nitrogen and oxygen atoms in total. The number of carbonyl (C=O) groups excluding carboxylic acids is 2. The summed E-state index contributed by atoms with van der Waals surface area (Å²) < 4.78 is 62.7. The largest absolute Gasteiger partial charge is 0.658 e. The Balaban J connectivity index is 2.06. The molecule has 0 N–H and O–H groups in total. The zero-order valence-electron chi connectivity index (χ0n) is 11.2. The molecular weight excluding hydrogens is 319 g/mol. The Hall–Kier alpha value is -2.84. The highest BCUT2D eigenvalue weighted by molar-refractivity contribution is 6.20. The molecule has 9 heteroatoms. The van der Waals surface area contributed by atoms with Crippen LogP contribution in [0.15, 0.2) is 24.3 Å². The molecule has 0 fully saturated rings. The summed E-state index contributed by atoms with van der Waals surface area (Å²) in [4.78, 5) is 20.9. The molecule has 0 aliphatic heterocycles. The highest BCUT2D eigenvalue weighted by atomic mass is 19.1. The molecule has 0 saturated heterocycles. The lowest BCUT2D eigenvalue weighted by atomic mass is 10.2. The number of carbonyl (C=O) groups is 2. The second-order valence-corrected chi connectivity index (χ2v) is 4.17. The van der Waals surface area contributed by atoms with E-state index in [-0.39, 0.29) is 24.1 Å². The van der Waals surface area contributed by atoms with E-state index in [4.69, 9.17) is 9.31 Å². The van der Waals surface area contributed by atoms with Crippen molar-refractivity contribution in [3.05, 3.63) is 58.7 Å². The van der Waals surface area contributed by atoms with Crippen LogP contribution in [0, 0.1) is 23.3 Å². The molecule has 2 aromatic rings. The predicted molar refractivity (Wildman–Crippen MR) is 70.5 cm³/mol. The molecule has 0 aliphatic rings. The number of rotatable bonds is 6. The van der Waals surface area contributed by atoms with Gasteiger partial charge in [0.25, 0.3) is 0 Å². The van der Waals surface area contributed by atoms with Crippen molar-refractivity contribution in [3.8, 4) is 11.5 Å². The van der Waals surface area contributed by atoms with Crippen LogP contribution >= 0.6 is 0 Å². The Morgan fingerprint density at radius 3 is 1.26 bits per heavy atom. The molecule has 0 aromatic heterocycles. The quantitative estimate of drug-likeness (QED) is 0.466. The minimum atomic E-state index is -1.14. The van der Waals surface area contributed by atoms with Gasteiger partial charge in [-0.2, -0.15) is 0 Å². The highest BCUT2D eigenvalue weighted by Gasteiger charge is 2.14. The van der Waals surface area contributed by atoms with Crippen molar-refractivity contribution in [3.63, 3.8) is 0 Å². The van der Waals surface area contributed by atoms with Crippen LogP contribution in [0.25, 0.3) is 0 Å². The Morgan fingerprint density at radius 1 is 0.696 bits per heavy atom. The SMILES string of the molecule is O=Cc1c(F)cc(O[B]Oc2cc(F)c(C=O)c(F)c2)cc1F. The molecule has 117 valence electrons. The number of hydrogen-bond acceptors (Lipinski definition) is 4. The average Bonchev–Trinajstić information content (AvgIpc) is 2.46. The summed E-state index contributed by atoms with van der Waals surface area (Å²) in [5.41, 5.74) is -1.52. The van der Waals surface area contributed by atoms with Gasteiger partial charge in [-0.15, -0.1) is 0 Å². The molecule has 0 bridgehead atoms. The summed E-state index contributed by atoms with van der Waals surface area (Å²) in [5, 5.41) is 0. The lowest BCUT2D eigenvalue weighted by Gasteiger charge is -2.08. The number of hydrogen-bond donors (Lipinski definition) is 0. The monoisotopic (exact) mass is 325 g/mol. The van der Waals surface area contributed by atoms with E-state index in [1.165, 1.54) is 0 Å². The zero-order valence-corrected chi connectivity index (χ0v) is 11.2. The first-order chi connectivity index (χ1) is 11.0. The van der Waals surface area contributed by atoms with Crippen LogP contribution in [-0.4, -0.2) is 20.3 Å². The maximum absolute atomic E-state index is 13.3. The topological polar surface area (TPSA) is 52.6 Å². The van der Waals surface area contributed by atoms with Gasteiger partial charge in [0.15, 0.2) is 12.6 Å². The average molecular weight is 325 g/mol. The minimum Gasteiger partial charge on any atom is -0.526 e. The first kappa shape index (κ1) is 16.5. The van der Waals surface area contributed by atoms with E-state index in [9.17, 15) is 27.2 Å². The van der Waals surface area contributed by atoms with Crippen molar-refractivity contribution in [2.45, 2.75) is 0 Å². The van der Waals surface area contributed by atoms with Gasteiger partial charge in [-0.3, -0.25) is 9.59 Å². The minimum absolute atomic E-state index is 0.00873. The van der Waals surface area contributed by atoms with Gasteiger partial charge in [-0.1, -0.05) is 0 Å². The normalized spacial score (nSPS) is 10.1. The molecule has 0 amide bonds. The molecule has 2 aromatic carbocycles. The van der Waals surface area contributed by atoms with Gasteiger partial charge < -0.3 is 9.31 Å². The molecule has 2 rings (SSSR count). The molecular formula is C14H6BF4O4. The summed E-state index contributed by atoms with van der Waals surface area (Å²) in [5.74, 6) is -5.24. The van der Waals surface area contributed by atoms with Crippen LogP contribution < -0.4 is 9.31 Å². The fourth-order valence-corrected chi connectivity index (χ4v) is 1.62. The third kappa shape index (κ3) is 3.68. The van der Waals surface area contributed by atoms with Gasteiger partial charge in [0.05, 0.1) is 11.1 Å². The van der Waals surface area contributed by atoms with E-state index < -0.39 is 34.4 Å². The number of halogens is 4. The molecule has 0 aliphatic carbocycles. The molecule has 0 atom stereocenters. The maximum atomic E-state index is 13.3. The molecule has 23 heavy (non-hydrogen) atoms. The van der Waals surface area contributed by atoms with Crippen LogP contribution in [0.1, 0.15) is 20.7 Å². The molecule has 0 heterocycles. The van der Waals surface area contributed by atoms with Gasteiger partial charge in [0.2, 0.25) is 0 Å². The van der Waals surface area contributed by atoms with Crippen LogP contribution in [0.4, 0.5) is 17.6 Å². The fourth-order valence-electron chi connectivity index (χ4n) is 1.62. The van der Waals surface area contributed by atoms with Gasteiger partial charge >= 0.3 is 7.69 Å². The summed E-state index contributed by atoms with van der Waals surface area (Å²) >= 11 is 0. The van der Waals surface area contributed by atoms with E-state index >= 15 is 0 Å². The Morgan fingerprint density at radius 2 is 1.00 bits per heavy atom. The van der Waals surface area contributed by atoms with Gasteiger partial charge in [0.1, 0.15) is 34.8 Å². The van der Waals surface area contributed by atoms with E-state index in [2.05, 4.69) is 0 Å². The zero-order chi connectivity index (χ0) is 17.0. The predicted octanol–water partition coefficient (Wildman–Crippen LogP) is 2.86. The summed E-state index contributed by atoms with van der Waals surface area (Å²) in [7, 11) is 0.573. The van der Waals surface area contributed by atoms with E-state index in [1.807, 2.05) is 0 Å². The molecule has 0 unspecified atom stereocenters. The van der Waals surface area contributed by atoms with Crippen LogP contribution in [-0.2, 0) is 0 Å². The Labute approximate surface area is 127 Å². The van der Waals surface area contributed by atoms with Crippen LogP contribution in [0.2, 0.25) is 0 Å². The number of aldehydes is 2. The van der Waals surface area contributed by atoms with Crippen molar-refractivity contribution < 1.29 is 36.5 Å². The highest BCUT2D eigenvalue weighted by Crippen LogP contribution is 2.21. The smallest absolute Gasteiger partial charge is 0.526 e. The van der Waals surface area contributed by atoms with Gasteiger partial charge in [0, 0.05) is 24.3 Å². The summed E-state index contributed by atoms with van der Waals surface area (Å²) in [6, 6.07) is 2.90. The standard InChI is InChI=1S/C14H6BF4O4/c16-11-1-7(2-12(17)9(11)5-20)22-15-23-8-3-13(18)10(6-21)14(19)4-8/h1-6H. The number of benzene rings is 2. The van der Waals surface area contributed by atoms with Crippen LogP contribution in [0.3, 0.4) is 0 Å². The molecule has 0 spiro atoms. The van der Waals surface area contributed by atoms with Crippen LogP contribution in [0.5, 0.6) is 11.5 Å². The second-order valence-electron chi connectivity index (χ2n) is 4.17. The molecule has 0 saturated carbocycles. The molecule has 1 radical (unpaired) electrons. The van der Waals surface area contributed by atoms with Crippen molar-refractivity contribution in [1.29, 1.82) is 0 Å². The first-order valence-corrected chi connectivity index (χ1v) is 5.99. The van der Waals surface area contributed by atoms with Gasteiger partial charge in [-0.25, -0.2) is 17.6 Å². The fraction of sp³-hybridized carbons (Fsp3) is 0. The van der Waals surface area contributed by atoms with Gasteiger partial charge in [-0.05, 0) is 0 Å². The maximum Gasteiger partial charge on any atom is 0.658 e. The van der Waals surface area contributed by atoms with Crippen molar-refractivity contribution in [2.24, 2.45) is 0 Å². The Kier molecular flexibility index (Phi) is 5.00. The van der Waals surface area contributed by atoms with E-state index in [1.54, 1.807) is 0 Å². The lowest BCUT2D eigenvalue weighted by molar-refractivity contribution is 0.110.